The van der Waals surface area contributed by atoms with E-state index in [0.29, 0.717) is 25.0 Å². The lowest BCUT2D eigenvalue weighted by Crippen LogP contribution is -2.59. The first-order chi connectivity index (χ1) is 14.7. The largest absolute Gasteiger partial charge is 0.394 e. The number of nitrogens with one attached hydrogen (secondary N) is 1. The molecule has 2 saturated heterocycles. The number of amides is 2. The zero-order chi connectivity index (χ0) is 23.0. The van der Waals surface area contributed by atoms with Crippen LogP contribution in [0, 0.1) is 0 Å². The van der Waals surface area contributed by atoms with Crippen molar-refractivity contribution in [3.63, 3.8) is 0 Å². The second kappa shape index (κ2) is 12.1. The molecule has 0 unspecified atom stereocenters. The van der Waals surface area contributed by atoms with Crippen LogP contribution in [-0.4, -0.2) is 93.7 Å². The highest BCUT2D eigenvalue weighted by Gasteiger charge is 2.43. The highest BCUT2D eigenvalue weighted by Crippen LogP contribution is 2.22. The lowest BCUT2D eigenvalue weighted by molar-refractivity contribution is -0.300. The summed E-state index contributed by atoms with van der Waals surface area (Å²) >= 11 is 0. The fourth-order valence-electron chi connectivity index (χ4n) is 3.11. The van der Waals surface area contributed by atoms with E-state index in [1.165, 1.54) is 0 Å². The second-order valence-electron chi connectivity index (χ2n) is 7.34. The number of aliphatic hydroxyl groups is 4. The molecule has 2 amide bonds. The normalized spacial score (nSPS) is 28.6. The Hall–Kier alpha value is -2.09. The maximum absolute atomic E-state index is 11.8. The van der Waals surface area contributed by atoms with Crippen molar-refractivity contribution in [2.24, 2.45) is 0 Å². The predicted molar refractivity (Wildman–Crippen MR) is 103 cm³/mol. The number of carbonyl (C=O) groups is 3. The summed E-state index contributed by atoms with van der Waals surface area (Å²) in [5.41, 5.74) is 0.448. The Balaban J connectivity index is 1.55. The van der Waals surface area contributed by atoms with Crippen molar-refractivity contribution in [3.05, 3.63) is 12.3 Å². The smallest absolute Gasteiger partial charge is 0.333 e. The third-order valence-electron chi connectivity index (χ3n) is 4.92. The van der Waals surface area contributed by atoms with E-state index in [0.717, 1.165) is 5.06 Å². The second-order valence-corrected chi connectivity index (χ2v) is 7.34. The lowest BCUT2D eigenvalue weighted by atomic mass is 9.99. The summed E-state index contributed by atoms with van der Waals surface area (Å²) in [6.07, 6.45) is -5.01. The van der Waals surface area contributed by atoms with Gasteiger partial charge in [0.05, 0.1) is 18.9 Å². The van der Waals surface area contributed by atoms with E-state index in [9.17, 15) is 29.7 Å². The van der Waals surface area contributed by atoms with Crippen LogP contribution < -0.4 is 5.32 Å². The summed E-state index contributed by atoms with van der Waals surface area (Å²) in [7, 11) is 0. The van der Waals surface area contributed by atoms with Gasteiger partial charge in [0.25, 0.3) is 5.91 Å². The monoisotopic (exact) mass is 446 g/mol. The Morgan fingerprint density at radius 2 is 1.84 bits per heavy atom. The maximum atomic E-state index is 11.8. The van der Waals surface area contributed by atoms with Gasteiger partial charge in [-0.2, -0.15) is 0 Å². The van der Waals surface area contributed by atoms with Crippen molar-refractivity contribution in [2.75, 3.05) is 19.8 Å². The molecule has 2 rings (SSSR count). The van der Waals surface area contributed by atoms with Gasteiger partial charge in [0, 0.05) is 25.8 Å². The third kappa shape index (κ3) is 7.23. The Bertz CT molecular complexity index is 640. The van der Waals surface area contributed by atoms with E-state index in [2.05, 4.69) is 11.9 Å². The molecule has 0 saturated carbocycles. The number of rotatable bonds is 11. The summed E-state index contributed by atoms with van der Waals surface area (Å²) in [6.45, 7) is 3.17. The molecule has 2 fully saturated rings. The molecule has 176 valence electrons. The summed E-state index contributed by atoms with van der Waals surface area (Å²) < 4.78 is 10.4. The molecule has 0 aromatic rings. The Labute approximate surface area is 179 Å². The maximum Gasteiger partial charge on any atom is 0.333 e. The van der Waals surface area contributed by atoms with Crippen LogP contribution in [0.4, 0.5) is 0 Å². The van der Waals surface area contributed by atoms with E-state index in [1.807, 2.05) is 0 Å². The van der Waals surface area contributed by atoms with Gasteiger partial charge in [0.1, 0.15) is 24.4 Å². The number of ether oxygens (including phenoxy) is 2. The topological polar surface area (TPSA) is 175 Å². The van der Waals surface area contributed by atoms with Gasteiger partial charge in [-0.25, -0.2) is 4.79 Å². The molecule has 2 aliphatic heterocycles. The number of nitrogens with zero attached hydrogens (tertiary/aromatic N) is 1. The van der Waals surface area contributed by atoms with Crippen LogP contribution in [-0.2, 0) is 28.7 Å². The first-order valence-electron chi connectivity index (χ1n) is 10.1. The predicted octanol–water partition coefficient (Wildman–Crippen LogP) is -1.93. The minimum atomic E-state index is -1.53. The molecule has 5 N–H and O–H groups in total. The number of allylic oxidation sites excluding steroid dienone is 1. The van der Waals surface area contributed by atoms with Crippen LogP contribution in [0.3, 0.4) is 0 Å². The van der Waals surface area contributed by atoms with Crippen molar-refractivity contribution in [2.45, 2.75) is 69.2 Å². The first kappa shape index (κ1) is 25.2. The molecule has 2 heterocycles. The average molecular weight is 446 g/mol. The summed E-state index contributed by atoms with van der Waals surface area (Å²) in [5.74, 6) is -1.14. The minimum absolute atomic E-state index is 0.0332. The number of aliphatic hydroxyl groups excluding tert-OH is 4. The van der Waals surface area contributed by atoms with Gasteiger partial charge in [-0.05, 0) is 19.3 Å². The molecule has 0 radical (unpaired) electrons. The van der Waals surface area contributed by atoms with Crippen molar-refractivity contribution < 1.29 is 49.1 Å². The average Bonchev–Trinajstić information content (AvgIpc) is 3.06. The van der Waals surface area contributed by atoms with E-state index in [-0.39, 0.29) is 44.2 Å². The van der Waals surface area contributed by atoms with Gasteiger partial charge in [0.15, 0.2) is 6.29 Å². The molecule has 12 heteroatoms. The van der Waals surface area contributed by atoms with Gasteiger partial charge >= 0.3 is 5.97 Å². The molecule has 0 spiro atoms. The number of hydrogen-bond donors (Lipinski definition) is 5. The molecular weight excluding hydrogens is 416 g/mol. The number of unbranched alkanes of at least 4 members (excludes halogenated alkanes) is 1. The zero-order valence-electron chi connectivity index (χ0n) is 17.1. The van der Waals surface area contributed by atoms with Gasteiger partial charge < -0.3 is 40.1 Å². The zero-order valence-corrected chi connectivity index (χ0v) is 17.1. The summed E-state index contributed by atoms with van der Waals surface area (Å²) in [5, 5.41) is 41.9. The van der Waals surface area contributed by atoms with Gasteiger partial charge in [-0.3, -0.25) is 9.59 Å². The fraction of sp³-hybridized carbons (Fsp3) is 0.737. The molecule has 31 heavy (non-hydrogen) atoms. The molecule has 5 atom stereocenters. The molecular formula is C19H30N2O10. The number of hydroxylamine groups is 2. The summed E-state index contributed by atoms with van der Waals surface area (Å²) in [4.78, 5) is 40.1. The van der Waals surface area contributed by atoms with Crippen LogP contribution in [0.1, 0.15) is 38.5 Å². The van der Waals surface area contributed by atoms with Crippen LogP contribution in [0.25, 0.3) is 0 Å². The molecule has 0 aromatic heterocycles. The van der Waals surface area contributed by atoms with Gasteiger partial charge in [-0.15, -0.1) is 5.06 Å². The lowest BCUT2D eigenvalue weighted by Gasteiger charge is -2.39. The first-order valence-corrected chi connectivity index (χ1v) is 10.1. The van der Waals surface area contributed by atoms with E-state index >= 15 is 0 Å². The van der Waals surface area contributed by atoms with Crippen molar-refractivity contribution >= 4 is 17.8 Å². The molecule has 0 aromatic carbocycles. The highest BCUT2D eigenvalue weighted by atomic mass is 16.7. The number of hydrogen-bond acceptors (Lipinski definition) is 10. The van der Waals surface area contributed by atoms with E-state index in [4.69, 9.17) is 19.4 Å². The van der Waals surface area contributed by atoms with E-state index in [1.54, 1.807) is 0 Å². The molecule has 0 bridgehead atoms. The van der Waals surface area contributed by atoms with Gasteiger partial charge in [-0.1, -0.05) is 6.58 Å². The van der Waals surface area contributed by atoms with Crippen LogP contribution in [0.15, 0.2) is 12.3 Å². The van der Waals surface area contributed by atoms with Crippen LogP contribution >= 0.6 is 0 Å². The fourth-order valence-corrected chi connectivity index (χ4v) is 3.11. The van der Waals surface area contributed by atoms with Crippen LogP contribution in [0.2, 0.25) is 0 Å². The van der Waals surface area contributed by atoms with Crippen molar-refractivity contribution in [3.8, 4) is 0 Å². The standard InChI is InChI=1S/C19H30N2O10/c1-11-6-7-14(24)21(11)31-15(25)5-3-2-4-13(23)20-8-9-29-19-18(28)17(27)16(26)12(10-22)30-19/h12,16-19,22,26-28H,1-10H2,(H,20,23)/t12-,16-,17+,18-,19+/m1/s1. The SMILES string of the molecule is C=C1CCC(=O)N1OC(=O)CCCCC(=O)NCCO[C@H]1O[C@H](CO)[C@@H](O)[C@H](O)[C@H]1O. The Morgan fingerprint density at radius 3 is 2.48 bits per heavy atom. The van der Waals surface area contributed by atoms with Crippen molar-refractivity contribution in [1.82, 2.24) is 10.4 Å². The van der Waals surface area contributed by atoms with Gasteiger partial charge in [0.2, 0.25) is 5.91 Å². The van der Waals surface area contributed by atoms with Crippen LogP contribution in [0.5, 0.6) is 0 Å². The Morgan fingerprint density at radius 1 is 1.13 bits per heavy atom. The Kier molecular flexibility index (Phi) is 9.81. The van der Waals surface area contributed by atoms with E-state index < -0.39 is 43.3 Å². The summed E-state index contributed by atoms with van der Waals surface area (Å²) in [6, 6.07) is 0. The molecule has 12 nitrogen and oxygen atoms in total. The number of carbonyl (C=O) groups excluding carboxylic acids is 3. The third-order valence-corrected chi connectivity index (χ3v) is 4.92. The molecule has 2 aliphatic rings. The minimum Gasteiger partial charge on any atom is -0.394 e. The quantitative estimate of drug-likeness (QED) is 0.225. The molecule has 0 aliphatic carbocycles. The highest BCUT2D eigenvalue weighted by molar-refractivity contribution is 5.82. The van der Waals surface area contributed by atoms with Crippen molar-refractivity contribution in [1.29, 1.82) is 0 Å².